The number of hydrogen-bond acceptors (Lipinski definition) is 5. The Balaban J connectivity index is 2.10. The Morgan fingerprint density at radius 1 is 1.50 bits per heavy atom. The van der Waals surface area contributed by atoms with Crippen LogP contribution in [0.3, 0.4) is 0 Å². The van der Waals surface area contributed by atoms with Crippen LogP contribution in [0.2, 0.25) is 0 Å². The number of nitrogens with one attached hydrogen (secondary N) is 1. The average molecular weight is 323 g/mol. The molecule has 1 heterocycles. The summed E-state index contributed by atoms with van der Waals surface area (Å²) in [6.07, 6.45) is 0.0117. The zero-order chi connectivity index (χ0) is 16.3. The molecule has 0 fully saturated rings. The number of anilines is 1. The maximum absolute atomic E-state index is 13.0. The topological polar surface area (TPSA) is 85.1 Å². The first-order chi connectivity index (χ1) is 10.4. The Morgan fingerprint density at radius 3 is 2.82 bits per heavy atom. The summed E-state index contributed by atoms with van der Waals surface area (Å²) in [4.78, 5) is 26.4. The van der Waals surface area contributed by atoms with Gasteiger partial charge in [0.2, 0.25) is 5.91 Å². The lowest BCUT2D eigenvalue weighted by Crippen LogP contribution is -2.15. The molecule has 8 heteroatoms. The van der Waals surface area contributed by atoms with Crippen LogP contribution in [0.1, 0.15) is 30.5 Å². The van der Waals surface area contributed by atoms with Gasteiger partial charge in [0.25, 0.3) is 5.69 Å². The lowest BCUT2D eigenvalue weighted by atomic mass is 10.2. The maximum Gasteiger partial charge on any atom is 0.295 e. The number of carbonyl (C=O) groups is 1. The fourth-order valence-corrected chi connectivity index (χ4v) is 2.62. The molecule has 1 aromatic carbocycles. The van der Waals surface area contributed by atoms with Gasteiger partial charge in [-0.25, -0.2) is 9.37 Å². The summed E-state index contributed by atoms with van der Waals surface area (Å²) in [7, 11) is 0. The number of aromatic nitrogens is 1. The van der Waals surface area contributed by atoms with Crippen molar-refractivity contribution in [2.45, 2.75) is 26.2 Å². The number of carbonyl (C=O) groups excluding carboxylic acids is 1. The van der Waals surface area contributed by atoms with Gasteiger partial charge in [0, 0.05) is 11.3 Å². The third kappa shape index (κ3) is 3.85. The van der Waals surface area contributed by atoms with E-state index in [1.165, 1.54) is 17.4 Å². The minimum Gasteiger partial charge on any atom is -0.320 e. The van der Waals surface area contributed by atoms with Crippen molar-refractivity contribution in [1.29, 1.82) is 0 Å². The molecule has 0 radical (unpaired) electrons. The highest BCUT2D eigenvalue weighted by atomic mass is 32.1. The van der Waals surface area contributed by atoms with E-state index in [0.29, 0.717) is 5.69 Å². The Bertz CT molecular complexity index is 715. The molecular weight excluding hydrogens is 309 g/mol. The van der Waals surface area contributed by atoms with Crippen LogP contribution in [0.25, 0.3) is 0 Å². The molecule has 6 nitrogen and oxygen atoms in total. The quantitative estimate of drug-likeness (QED) is 0.674. The second kappa shape index (κ2) is 6.61. The van der Waals surface area contributed by atoms with Gasteiger partial charge in [-0.3, -0.25) is 14.9 Å². The summed E-state index contributed by atoms with van der Waals surface area (Å²) in [5.41, 5.74) is 0.0983. The molecule has 0 unspecified atom stereocenters. The lowest BCUT2D eigenvalue weighted by Gasteiger charge is -2.05. The molecule has 0 aliphatic carbocycles. The van der Waals surface area contributed by atoms with Gasteiger partial charge in [0.1, 0.15) is 11.5 Å². The Hall–Kier alpha value is -2.35. The van der Waals surface area contributed by atoms with Crippen LogP contribution in [0.5, 0.6) is 0 Å². The molecule has 0 aliphatic heterocycles. The van der Waals surface area contributed by atoms with Gasteiger partial charge in [-0.15, -0.1) is 11.3 Å². The van der Waals surface area contributed by atoms with Gasteiger partial charge in [-0.2, -0.15) is 0 Å². The Morgan fingerprint density at radius 2 is 2.23 bits per heavy atom. The first kappa shape index (κ1) is 16.0. The smallest absolute Gasteiger partial charge is 0.295 e. The van der Waals surface area contributed by atoms with Crippen molar-refractivity contribution in [3.8, 4) is 0 Å². The first-order valence-electron chi connectivity index (χ1n) is 6.55. The van der Waals surface area contributed by atoms with E-state index < -0.39 is 22.3 Å². The van der Waals surface area contributed by atoms with Gasteiger partial charge in [0.05, 0.1) is 28.1 Å². The van der Waals surface area contributed by atoms with Gasteiger partial charge < -0.3 is 5.32 Å². The molecule has 2 rings (SSSR count). The van der Waals surface area contributed by atoms with Crippen LogP contribution in [0.15, 0.2) is 23.6 Å². The summed E-state index contributed by atoms with van der Waals surface area (Å²) in [6.45, 7) is 4.01. The molecule has 0 atom stereocenters. The van der Waals surface area contributed by atoms with E-state index in [9.17, 15) is 19.3 Å². The number of nitrogens with zero attached hydrogens (tertiary/aromatic N) is 2. The predicted octanol–water partition coefficient (Wildman–Crippen LogP) is 3.50. The van der Waals surface area contributed by atoms with Crippen molar-refractivity contribution in [1.82, 2.24) is 4.98 Å². The highest BCUT2D eigenvalue weighted by molar-refractivity contribution is 7.09. The third-order valence-electron chi connectivity index (χ3n) is 2.84. The van der Waals surface area contributed by atoms with Crippen LogP contribution >= 0.6 is 11.3 Å². The van der Waals surface area contributed by atoms with Gasteiger partial charge in [0.15, 0.2) is 0 Å². The summed E-state index contributed by atoms with van der Waals surface area (Å²) in [5, 5.41) is 16.0. The van der Waals surface area contributed by atoms with Crippen molar-refractivity contribution >= 4 is 28.6 Å². The van der Waals surface area contributed by atoms with Crippen molar-refractivity contribution in [2.24, 2.45) is 0 Å². The monoisotopic (exact) mass is 323 g/mol. The first-order valence-corrected chi connectivity index (χ1v) is 7.43. The minimum absolute atomic E-state index is 0.0117. The summed E-state index contributed by atoms with van der Waals surface area (Å²) in [6, 6.07) is 3.00. The van der Waals surface area contributed by atoms with Crippen molar-refractivity contribution < 1.29 is 14.1 Å². The normalized spacial score (nSPS) is 10.7. The number of nitro benzene ring substituents is 1. The maximum atomic E-state index is 13.0. The van der Waals surface area contributed by atoms with Crippen LogP contribution in [-0.2, 0) is 11.2 Å². The third-order valence-corrected chi connectivity index (χ3v) is 4.03. The van der Waals surface area contributed by atoms with Gasteiger partial charge in [-0.1, -0.05) is 13.8 Å². The van der Waals surface area contributed by atoms with Gasteiger partial charge >= 0.3 is 0 Å². The molecule has 116 valence electrons. The number of thiazole rings is 1. The molecular formula is C14H14FN3O3S. The van der Waals surface area contributed by atoms with Crippen LogP contribution in [0.4, 0.5) is 15.8 Å². The molecule has 0 saturated carbocycles. The van der Waals surface area contributed by atoms with E-state index in [1.54, 1.807) is 5.38 Å². The zero-order valence-electron chi connectivity index (χ0n) is 12.0. The number of amides is 1. The minimum atomic E-state index is -0.738. The fraction of sp³-hybridized carbons (Fsp3) is 0.286. The van der Waals surface area contributed by atoms with Crippen molar-refractivity contribution in [2.75, 3.05) is 5.32 Å². The van der Waals surface area contributed by atoms with Crippen LogP contribution in [-0.4, -0.2) is 15.8 Å². The Labute approximate surface area is 130 Å². The molecule has 1 N–H and O–H groups in total. The SMILES string of the molecule is CC(C)c1nc(CC(=O)Nc2ccc(F)cc2[N+](=O)[O-])cs1. The number of halogens is 1. The van der Waals surface area contributed by atoms with E-state index in [-0.39, 0.29) is 18.0 Å². The summed E-state index contributed by atoms with van der Waals surface area (Å²) in [5.74, 6) is -0.888. The van der Waals surface area contributed by atoms with E-state index in [0.717, 1.165) is 17.1 Å². The number of rotatable bonds is 5. The van der Waals surface area contributed by atoms with Crippen LogP contribution < -0.4 is 5.32 Å². The predicted molar refractivity (Wildman–Crippen MR) is 81.6 cm³/mol. The van der Waals surface area contributed by atoms with E-state index in [2.05, 4.69) is 10.3 Å². The Kier molecular flexibility index (Phi) is 4.81. The second-order valence-electron chi connectivity index (χ2n) is 4.98. The fourth-order valence-electron chi connectivity index (χ4n) is 1.79. The van der Waals surface area contributed by atoms with E-state index in [4.69, 9.17) is 0 Å². The summed E-state index contributed by atoms with van der Waals surface area (Å²) >= 11 is 1.47. The molecule has 1 amide bonds. The molecule has 0 spiro atoms. The largest absolute Gasteiger partial charge is 0.320 e. The number of nitro groups is 1. The lowest BCUT2D eigenvalue weighted by molar-refractivity contribution is -0.384. The molecule has 22 heavy (non-hydrogen) atoms. The molecule has 0 saturated heterocycles. The molecule has 2 aromatic rings. The average Bonchev–Trinajstić information content (AvgIpc) is 2.89. The van der Waals surface area contributed by atoms with E-state index >= 15 is 0 Å². The van der Waals surface area contributed by atoms with E-state index in [1.807, 2.05) is 13.8 Å². The highest BCUT2D eigenvalue weighted by Gasteiger charge is 2.18. The van der Waals surface area contributed by atoms with Crippen molar-refractivity contribution in [3.05, 3.63) is 50.2 Å². The number of benzene rings is 1. The summed E-state index contributed by atoms with van der Waals surface area (Å²) < 4.78 is 13.0. The standard InChI is InChI=1S/C14H14FN3O3S/c1-8(2)14-16-10(7-22-14)6-13(19)17-11-4-3-9(15)5-12(11)18(20)21/h3-5,7-8H,6H2,1-2H3,(H,17,19). The van der Waals surface area contributed by atoms with Crippen LogP contribution in [0, 0.1) is 15.9 Å². The number of hydrogen-bond donors (Lipinski definition) is 1. The molecule has 1 aromatic heterocycles. The van der Waals surface area contributed by atoms with Crippen molar-refractivity contribution in [3.63, 3.8) is 0 Å². The second-order valence-corrected chi connectivity index (χ2v) is 5.86. The molecule has 0 bridgehead atoms. The zero-order valence-corrected chi connectivity index (χ0v) is 12.8. The van der Waals surface area contributed by atoms with Gasteiger partial charge in [-0.05, 0) is 12.1 Å². The highest BCUT2D eigenvalue weighted by Crippen LogP contribution is 2.25. The molecule has 0 aliphatic rings.